The number of hydrogen-bond acceptors (Lipinski definition) is 3. The Morgan fingerprint density at radius 3 is 2.63 bits per heavy atom. The van der Waals surface area contributed by atoms with Crippen molar-refractivity contribution in [3.8, 4) is 0 Å². The Hall–Kier alpha value is -1.96. The molecular formula is C13H9IN2O3. The zero-order valence-corrected chi connectivity index (χ0v) is 11.8. The molecule has 5 nitrogen and oxygen atoms in total. The van der Waals surface area contributed by atoms with Crippen molar-refractivity contribution in [2.45, 2.75) is 0 Å². The van der Waals surface area contributed by atoms with E-state index in [-0.39, 0.29) is 11.5 Å². The standard InChI is InChI=1S/C13H9IN2O3/c14-10-3-1-2-8(4-10)12(17)16-11-5-9(13(18)19)6-15-7-11/h1-7H,(H,16,17)(H,18,19). The third-order valence-corrected chi connectivity index (χ3v) is 3.00. The highest BCUT2D eigenvalue weighted by Crippen LogP contribution is 2.12. The van der Waals surface area contributed by atoms with Gasteiger partial charge in [0.2, 0.25) is 0 Å². The monoisotopic (exact) mass is 368 g/mol. The minimum absolute atomic E-state index is 0.0282. The van der Waals surface area contributed by atoms with Crippen LogP contribution in [-0.4, -0.2) is 22.0 Å². The van der Waals surface area contributed by atoms with Gasteiger partial charge in [0.1, 0.15) is 0 Å². The van der Waals surface area contributed by atoms with Crippen LogP contribution in [-0.2, 0) is 0 Å². The lowest BCUT2D eigenvalue weighted by atomic mass is 10.2. The van der Waals surface area contributed by atoms with Crippen LogP contribution in [0.1, 0.15) is 20.7 Å². The highest BCUT2D eigenvalue weighted by atomic mass is 127. The summed E-state index contributed by atoms with van der Waals surface area (Å²) in [6, 6.07) is 8.45. The molecule has 0 saturated heterocycles. The van der Waals surface area contributed by atoms with Gasteiger partial charge in [-0.2, -0.15) is 0 Å². The maximum absolute atomic E-state index is 12.0. The number of pyridine rings is 1. The fourth-order valence-electron chi connectivity index (χ4n) is 1.46. The first kappa shape index (κ1) is 13.5. The number of aromatic carboxylic acids is 1. The molecule has 6 heteroatoms. The van der Waals surface area contributed by atoms with E-state index in [9.17, 15) is 9.59 Å². The average molecular weight is 368 g/mol. The van der Waals surface area contributed by atoms with Gasteiger partial charge in [0.25, 0.3) is 5.91 Å². The van der Waals surface area contributed by atoms with Gasteiger partial charge in [-0.1, -0.05) is 6.07 Å². The second kappa shape index (κ2) is 5.79. The van der Waals surface area contributed by atoms with Crippen LogP contribution >= 0.6 is 22.6 Å². The first-order valence-electron chi connectivity index (χ1n) is 5.31. The molecule has 0 atom stereocenters. The number of carbonyl (C=O) groups excluding carboxylic acids is 1. The molecule has 0 saturated carbocycles. The van der Waals surface area contributed by atoms with Crippen LogP contribution in [0.15, 0.2) is 42.7 Å². The lowest BCUT2D eigenvalue weighted by molar-refractivity contribution is 0.0696. The molecule has 1 heterocycles. The number of amides is 1. The number of carbonyl (C=O) groups is 2. The molecule has 0 aliphatic rings. The van der Waals surface area contributed by atoms with Gasteiger partial charge in [-0.3, -0.25) is 9.78 Å². The van der Waals surface area contributed by atoms with E-state index in [0.717, 1.165) is 3.57 Å². The number of aromatic nitrogens is 1. The summed E-state index contributed by atoms with van der Waals surface area (Å²) in [7, 11) is 0. The van der Waals surface area contributed by atoms with Crippen LogP contribution in [0.2, 0.25) is 0 Å². The van der Waals surface area contributed by atoms with Crippen LogP contribution in [0.5, 0.6) is 0 Å². The van der Waals surface area contributed by atoms with Crippen molar-refractivity contribution < 1.29 is 14.7 Å². The molecule has 0 fully saturated rings. The number of carboxylic acid groups (broad SMARTS) is 1. The molecule has 2 rings (SSSR count). The summed E-state index contributed by atoms with van der Waals surface area (Å²) < 4.78 is 0.947. The Morgan fingerprint density at radius 1 is 1.16 bits per heavy atom. The predicted octanol–water partition coefficient (Wildman–Crippen LogP) is 2.64. The zero-order chi connectivity index (χ0) is 13.8. The number of nitrogens with zero attached hydrogens (tertiary/aromatic N) is 1. The van der Waals surface area contributed by atoms with E-state index in [4.69, 9.17) is 5.11 Å². The SMILES string of the molecule is O=C(O)c1cncc(NC(=O)c2cccc(I)c2)c1. The van der Waals surface area contributed by atoms with Gasteiger partial charge in [-0.05, 0) is 46.9 Å². The summed E-state index contributed by atoms with van der Waals surface area (Å²) in [5.41, 5.74) is 0.886. The number of benzene rings is 1. The molecule has 2 aromatic rings. The highest BCUT2D eigenvalue weighted by Gasteiger charge is 2.09. The van der Waals surface area contributed by atoms with Gasteiger partial charge in [-0.15, -0.1) is 0 Å². The summed E-state index contributed by atoms with van der Waals surface area (Å²) in [5, 5.41) is 11.5. The van der Waals surface area contributed by atoms with Crippen molar-refractivity contribution in [2.24, 2.45) is 0 Å². The highest BCUT2D eigenvalue weighted by molar-refractivity contribution is 14.1. The molecule has 0 bridgehead atoms. The number of halogens is 1. The summed E-state index contributed by atoms with van der Waals surface area (Å²) in [6.45, 7) is 0. The molecule has 0 unspecified atom stereocenters. The molecule has 2 N–H and O–H groups in total. The van der Waals surface area contributed by atoms with Crippen molar-refractivity contribution >= 4 is 40.2 Å². The number of nitrogens with one attached hydrogen (secondary N) is 1. The van der Waals surface area contributed by atoms with Crippen LogP contribution < -0.4 is 5.32 Å². The molecule has 0 spiro atoms. The number of rotatable bonds is 3. The summed E-state index contributed by atoms with van der Waals surface area (Å²) in [6.07, 6.45) is 2.63. The topological polar surface area (TPSA) is 79.3 Å². The predicted molar refractivity (Wildman–Crippen MR) is 78.3 cm³/mol. The van der Waals surface area contributed by atoms with E-state index in [1.165, 1.54) is 18.5 Å². The van der Waals surface area contributed by atoms with Crippen LogP contribution in [0.25, 0.3) is 0 Å². The number of anilines is 1. The zero-order valence-electron chi connectivity index (χ0n) is 9.63. The fourth-order valence-corrected chi connectivity index (χ4v) is 2.00. The molecule has 0 aliphatic heterocycles. The molecular weight excluding hydrogens is 359 g/mol. The van der Waals surface area contributed by atoms with Gasteiger partial charge < -0.3 is 10.4 Å². The number of carboxylic acids is 1. The summed E-state index contributed by atoms with van der Waals surface area (Å²) in [5.74, 6) is -1.39. The molecule has 0 radical (unpaired) electrons. The van der Waals surface area contributed by atoms with Crippen LogP contribution in [0.4, 0.5) is 5.69 Å². The maximum Gasteiger partial charge on any atom is 0.337 e. The Morgan fingerprint density at radius 2 is 1.95 bits per heavy atom. The Balaban J connectivity index is 2.19. The van der Waals surface area contributed by atoms with Gasteiger partial charge in [-0.25, -0.2) is 4.79 Å². The van der Waals surface area contributed by atoms with Crippen LogP contribution in [0, 0.1) is 3.57 Å². The second-order valence-corrected chi connectivity index (χ2v) is 4.98. The van der Waals surface area contributed by atoms with E-state index in [1.807, 2.05) is 6.07 Å². The van der Waals surface area contributed by atoms with Crippen molar-refractivity contribution in [1.82, 2.24) is 4.98 Å². The largest absolute Gasteiger partial charge is 0.478 e. The molecule has 96 valence electrons. The van der Waals surface area contributed by atoms with Gasteiger partial charge >= 0.3 is 5.97 Å². The Labute approximate surface area is 122 Å². The first-order chi connectivity index (χ1) is 9.06. The van der Waals surface area contributed by atoms with E-state index >= 15 is 0 Å². The summed E-state index contributed by atoms with van der Waals surface area (Å²) in [4.78, 5) is 26.5. The van der Waals surface area contributed by atoms with Crippen molar-refractivity contribution in [2.75, 3.05) is 5.32 Å². The number of hydrogen-bond donors (Lipinski definition) is 2. The van der Waals surface area contributed by atoms with Crippen LogP contribution in [0.3, 0.4) is 0 Å². The quantitative estimate of drug-likeness (QED) is 0.817. The van der Waals surface area contributed by atoms with E-state index in [2.05, 4.69) is 32.9 Å². The normalized spacial score (nSPS) is 9.95. The van der Waals surface area contributed by atoms with Crippen molar-refractivity contribution in [3.05, 3.63) is 57.4 Å². The van der Waals surface area contributed by atoms with Crippen molar-refractivity contribution in [1.29, 1.82) is 0 Å². The van der Waals surface area contributed by atoms with Gasteiger partial charge in [0, 0.05) is 15.3 Å². The third kappa shape index (κ3) is 3.50. The van der Waals surface area contributed by atoms with E-state index in [1.54, 1.807) is 18.2 Å². The van der Waals surface area contributed by atoms with Gasteiger partial charge in [0.15, 0.2) is 0 Å². The van der Waals surface area contributed by atoms with Crippen molar-refractivity contribution in [3.63, 3.8) is 0 Å². The Kier molecular flexibility index (Phi) is 4.10. The first-order valence-corrected chi connectivity index (χ1v) is 6.39. The lowest BCUT2D eigenvalue weighted by Crippen LogP contribution is -2.12. The molecule has 0 aliphatic carbocycles. The smallest absolute Gasteiger partial charge is 0.337 e. The Bertz CT molecular complexity index is 643. The van der Waals surface area contributed by atoms with E-state index in [0.29, 0.717) is 11.3 Å². The average Bonchev–Trinajstić information content (AvgIpc) is 2.39. The summed E-state index contributed by atoms with van der Waals surface area (Å²) >= 11 is 2.11. The minimum atomic E-state index is -1.09. The van der Waals surface area contributed by atoms with Gasteiger partial charge in [0.05, 0.1) is 17.4 Å². The lowest BCUT2D eigenvalue weighted by Gasteiger charge is -2.05. The second-order valence-electron chi connectivity index (χ2n) is 3.73. The molecule has 1 amide bonds. The maximum atomic E-state index is 12.0. The molecule has 1 aromatic heterocycles. The third-order valence-electron chi connectivity index (χ3n) is 2.33. The molecule has 1 aromatic carbocycles. The minimum Gasteiger partial charge on any atom is -0.478 e. The fraction of sp³-hybridized carbons (Fsp3) is 0. The molecule has 19 heavy (non-hydrogen) atoms. The van der Waals surface area contributed by atoms with E-state index < -0.39 is 5.97 Å².